The van der Waals surface area contributed by atoms with Crippen LogP contribution in [0.15, 0.2) is 23.2 Å². The lowest BCUT2D eigenvalue weighted by Gasteiger charge is -2.19. The van der Waals surface area contributed by atoms with Gasteiger partial charge in [0.25, 0.3) is 0 Å². The summed E-state index contributed by atoms with van der Waals surface area (Å²) in [5, 5.41) is 6.57. The van der Waals surface area contributed by atoms with Gasteiger partial charge in [0.2, 0.25) is 10.0 Å². The van der Waals surface area contributed by atoms with Crippen molar-refractivity contribution in [2.24, 2.45) is 4.99 Å². The summed E-state index contributed by atoms with van der Waals surface area (Å²) in [5.41, 5.74) is 2.30. The van der Waals surface area contributed by atoms with Crippen LogP contribution in [0.1, 0.15) is 50.2 Å². The number of nitrogens with zero attached hydrogens (tertiary/aromatic N) is 2. The highest BCUT2D eigenvalue weighted by atomic mass is 32.2. The zero-order chi connectivity index (χ0) is 21.3. The van der Waals surface area contributed by atoms with E-state index < -0.39 is 10.0 Å². The molecule has 1 aliphatic carbocycles. The highest BCUT2D eigenvalue weighted by molar-refractivity contribution is 7.89. The quantitative estimate of drug-likeness (QED) is 0.343. The van der Waals surface area contributed by atoms with Crippen LogP contribution in [-0.2, 0) is 16.6 Å². The second-order valence-electron chi connectivity index (χ2n) is 7.56. The lowest BCUT2D eigenvalue weighted by atomic mass is 10.1. The molecule has 1 fully saturated rings. The maximum absolute atomic E-state index is 11.8. The number of ether oxygens (including phenoxy) is 1. The Morgan fingerprint density at radius 1 is 1.28 bits per heavy atom. The van der Waals surface area contributed by atoms with Crippen molar-refractivity contribution in [1.29, 1.82) is 0 Å². The molecule has 0 spiro atoms. The Morgan fingerprint density at radius 3 is 2.66 bits per heavy atom. The number of hydrogen-bond donors (Lipinski definition) is 2. The fourth-order valence-corrected chi connectivity index (χ4v) is 4.22. The molecule has 0 radical (unpaired) electrons. The van der Waals surface area contributed by atoms with E-state index in [1.807, 2.05) is 0 Å². The van der Waals surface area contributed by atoms with Crippen molar-refractivity contribution in [3.63, 3.8) is 0 Å². The van der Waals surface area contributed by atoms with E-state index in [9.17, 15) is 8.42 Å². The highest BCUT2D eigenvalue weighted by Gasteiger charge is 2.18. The largest absolute Gasteiger partial charge is 0.490 e. The van der Waals surface area contributed by atoms with Gasteiger partial charge in [-0.05, 0) is 57.6 Å². The van der Waals surface area contributed by atoms with Gasteiger partial charge in [-0.3, -0.25) is 4.99 Å². The molecule has 8 heteroatoms. The Bertz CT molecular complexity index is 774. The Hall–Kier alpha value is -1.80. The van der Waals surface area contributed by atoms with Crippen LogP contribution >= 0.6 is 0 Å². The van der Waals surface area contributed by atoms with Crippen molar-refractivity contribution in [2.75, 3.05) is 32.9 Å². The van der Waals surface area contributed by atoms with Crippen LogP contribution in [0.2, 0.25) is 0 Å². The molecule has 1 aromatic carbocycles. The first-order chi connectivity index (χ1) is 13.9. The van der Waals surface area contributed by atoms with Gasteiger partial charge in [0.1, 0.15) is 5.75 Å². The summed E-state index contributed by atoms with van der Waals surface area (Å²) in [4.78, 5) is 4.26. The lowest BCUT2D eigenvalue weighted by molar-refractivity contribution is 0.207. The molecule has 7 nitrogen and oxygen atoms in total. The van der Waals surface area contributed by atoms with Crippen LogP contribution in [0.3, 0.4) is 0 Å². The minimum absolute atomic E-state index is 0.127. The lowest BCUT2D eigenvalue weighted by Crippen LogP contribution is -2.38. The van der Waals surface area contributed by atoms with E-state index in [1.165, 1.54) is 22.7 Å². The second kappa shape index (κ2) is 11.4. The zero-order valence-corrected chi connectivity index (χ0v) is 19.0. The predicted molar refractivity (Wildman–Crippen MR) is 119 cm³/mol. The van der Waals surface area contributed by atoms with Gasteiger partial charge in [0.05, 0.1) is 11.9 Å². The molecular formula is C21H36N4O3S. The van der Waals surface area contributed by atoms with Crippen LogP contribution in [0.25, 0.3) is 0 Å². The van der Waals surface area contributed by atoms with Crippen molar-refractivity contribution < 1.29 is 13.2 Å². The van der Waals surface area contributed by atoms with E-state index in [0.29, 0.717) is 38.1 Å². The molecule has 0 atom stereocenters. The van der Waals surface area contributed by atoms with Gasteiger partial charge in [-0.25, -0.2) is 12.7 Å². The SMILES string of the molecule is CCS(=O)(=O)N(C)CCCNC(=NC)NCc1ccc(C)cc1OC1CCCC1. The molecule has 2 rings (SSSR count). The molecule has 0 heterocycles. The van der Waals surface area contributed by atoms with E-state index in [4.69, 9.17) is 4.74 Å². The van der Waals surface area contributed by atoms with Gasteiger partial charge in [0.15, 0.2) is 5.96 Å². The number of guanidine groups is 1. The summed E-state index contributed by atoms with van der Waals surface area (Å²) in [6.07, 6.45) is 5.78. The maximum Gasteiger partial charge on any atom is 0.213 e. The maximum atomic E-state index is 11.8. The second-order valence-corrected chi connectivity index (χ2v) is 9.93. The molecule has 2 N–H and O–H groups in total. The van der Waals surface area contributed by atoms with Crippen molar-refractivity contribution in [2.45, 2.75) is 58.6 Å². The molecule has 1 aromatic rings. The van der Waals surface area contributed by atoms with Gasteiger partial charge in [0, 0.05) is 39.3 Å². The molecule has 0 unspecified atom stereocenters. The van der Waals surface area contributed by atoms with Crippen molar-refractivity contribution in [3.05, 3.63) is 29.3 Å². The normalized spacial score (nSPS) is 15.7. The molecule has 0 bridgehead atoms. The van der Waals surface area contributed by atoms with Gasteiger partial charge in [-0.1, -0.05) is 12.1 Å². The Kier molecular flexibility index (Phi) is 9.23. The minimum atomic E-state index is -3.12. The number of benzene rings is 1. The molecule has 0 aromatic heterocycles. The van der Waals surface area contributed by atoms with Crippen molar-refractivity contribution >= 4 is 16.0 Å². The monoisotopic (exact) mass is 424 g/mol. The molecule has 29 heavy (non-hydrogen) atoms. The van der Waals surface area contributed by atoms with E-state index in [1.54, 1.807) is 21.0 Å². The Balaban J connectivity index is 1.83. The van der Waals surface area contributed by atoms with E-state index in [-0.39, 0.29) is 5.75 Å². The molecular weight excluding hydrogens is 388 g/mol. The fraction of sp³-hybridized carbons (Fsp3) is 0.667. The topological polar surface area (TPSA) is 83.0 Å². The number of nitrogens with one attached hydrogen (secondary N) is 2. The number of aryl methyl sites for hydroxylation is 1. The van der Waals surface area contributed by atoms with E-state index >= 15 is 0 Å². The molecule has 0 aliphatic heterocycles. The summed E-state index contributed by atoms with van der Waals surface area (Å²) in [6, 6.07) is 6.30. The highest BCUT2D eigenvalue weighted by Crippen LogP contribution is 2.27. The van der Waals surface area contributed by atoms with Gasteiger partial charge in [-0.15, -0.1) is 0 Å². The van der Waals surface area contributed by atoms with Crippen LogP contribution < -0.4 is 15.4 Å². The van der Waals surface area contributed by atoms with Crippen LogP contribution in [-0.4, -0.2) is 57.7 Å². The third-order valence-corrected chi connectivity index (χ3v) is 7.13. The summed E-state index contributed by atoms with van der Waals surface area (Å²) in [6.45, 7) is 5.48. The predicted octanol–water partition coefficient (Wildman–Crippen LogP) is 2.65. The van der Waals surface area contributed by atoms with Crippen molar-refractivity contribution in [3.8, 4) is 5.75 Å². The summed E-state index contributed by atoms with van der Waals surface area (Å²) in [5.74, 6) is 1.77. The zero-order valence-electron chi connectivity index (χ0n) is 18.2. The van der Waals surface area contributed by atoms with E-state index in [0.717, 1.165) is 24.2 Å². The molecule has 164 valence electrons. The number of hydrogen-bond acceptors (Lipinski definition) is 4. The first-order valence-electron chi connectivity index (χ1n) is 10.5. The van der Waals surface area contributed by atoms with Gasteiger partial charge < -0.3 is 15.4 Å². The summed E-state index contributed by atoms with van der Waals surface area (Å²) in [7, 11) is 0.227. The average molecular weight is 425 g/mol. The van der Waals surface area contributed by atoms with Crippen LogP contribution in [0, 0.1) is 6.92 Å². The minimum Gasteiger partial charge on any atom is -0.490 e. The number of sulfonamides is 1. The third kappa shape index (κ3) is 7.51. The van der Waals surface area contributed by atoms with Crippen LogP contribution in [0.5, 0.6) is 5.75 Å². The molecule has 1 saturated carbocycles. The number of aliphatic imine (C=N–C) groups is 1. The Labute approximate surface area is 176 Å². The molecule has 1 aliphatic rings. The van der Waals surface area contributed by atoms with Crippen molar-refractivity contribution in [1.82, 2.24) is 14.9 Å². The molecule has 0 amide bonds. The standard InChI is InChI=1S/C21H36N4O3S/c1-5-29(26,27)25(4)14-8-13-23-21(22-3)24-16-18-12-11-17(2)15-20(18)28-19-9-6-7-10-19/h11-12,15,19H,5-10,13-14,16H2,1-4H3,(H2,22,23,24). The molecule has 0 saturated heterocycles. The number of rotatable bonds is 10. The fourth-order valence-electron chi connectivity index (χ4n) is 3.37. The first-order valence-corrected chi connectivity index (χ1v) is 12.1. The third-order valence-electron chi connectivity index (χ3n) is 5.27. The van der Waals surface area contributed by atoms with Gasteiger partial charge >= 0.3 is 0 Å². The summed E-state index contributed by atoms with van der Waals surface area (Å²) >= 11 is 0. The first kappa shape index (κ1) is 23.5. The van der Waals surface area contributed by atoms with E-state index in [2.05, 4.69) is 40.7 Å². The Morgan fingerprint density at radius 2 is 2.00 bits per heavy atom. The summed E-state index contributed by atoms with van der Waals surface area (Å²) < 4.78 is 31.2. The van der Waals surface area contributed by atoms with Gasteiger partial charge in [-0.2, -0.15) is 0 Å². The van der Waals surface area contributed by atoms with Crippen LogP contribution in [0.4, 0.5) is 0 Å². The average Bonchev–Trinajstić information content (AvgIpc) is 3.21. The smallest absolute Gasteiger partial charge is 0.213 e.